The fraction of sp³-hybridized carbons (Fsp3) is 0.576. The summed E-state index contributed by atoms with van der Waals surface area (Å²) < 4.78 is 23.3. The van der Waals surface area contributed by atoms with Crippen molar-refractivity contribution in [2.75, 3.05) is 32.1 Å². The Bertz CT molecular complexity index is 1290. The quantitative estimate of drug-likeness (QED) is 0.239. The SMILES string of the molecule is CCCCN(C)N(CCC1CCCCC1)Cc1ccc(C(=O)N[C@@H](CCS(C)(=O)=O)C(=O)O)c(-c2ccccc2C)c1. The lowest BCUT2D eigenvalue weighted by molar-refractivity contribution is -0.139. The molecule has 3 rings (SSSR count). The summed E-state index contributed by atoms with van der Waals surface area (Å²) in [4.78, 5) is 25.3. The number of sulfone groups is 1. The van der Waals surface area contributed by atoms with Crippen LogP contribution in [0.3, 0.4) is 0 Å². The molecule has 1 amide bonds. The molecule has 2 aromatic rings. The lowest BCUT2D eigenvalue weighted by Crippen LogP contribution is -2.42. The lowest BCUT2D eigenvalue weighted by atomic mass is 9.87. The summed E-state index contributed by atoms with van der Waals surface area (Å²) in [5.74, 6) is -1.34. The number of unbranched alkanes of at least 4 members (excludes halogenated alkanes) is 1. The number of rotatable bonds is 16. The molecule has 0 spiro atoms. The van der Waals surface area contributed by atoms with Crippen LogP contribution in [0.2, 0.25) is 0 Å². The largest absolute Gasteiger partial charge is 0.480 e. The summed E-state index contributed by atoms with van der Waals surface area (Å²) in [5.41, 5.74) is 4.08. The Balaban J connectivity index is 1.90. The van der Waals surface area contributed by atoms with Crippen molar-refractivity contribution in [1.29, 1.82) is 0 Å². The van der Waals surface area contributed by atoms with E-state index in [0.29, 0.717) is 12.1 Å². The Morgan fingerprint density at radius 1 is 1.05 bits per heavy atom. The van der Waals surface area contributed by atoms with Crippen LogP contribution in [0.4, 0.5) is 0 Å². The molecule has 42 heavy (non-hydrogen) atoms. The standard InChI is InChI=1S/C33H49N3O5S/c1-5-6-20-35(3)36(21-18-26-13-8-7-9-14-26)24-27-16-17-29(30(23-27)28-15-11-10-12-25(28)2)32(37)34-31(33(38)39)19-22-42(4,40)41/h10-12,15-17,23,26,31H,5-9,13-14,18-22,24H2,1-4H3,(H,34,37)(H,38,39)/t31-/m0/s1. The number of aliphatic carboxylic acids is 1. The molecule has 0 unspecified atom stereocenters. The molecule has 1 fully saturated rings. The maximum absolute atomic E-state index is 13.5. The van der Waals surface area contributed by atoms with Crippen molar-refractivity contribution >= 4 is 21.7 Å². The highest BCUT2D eigenvalue weighted by Crippen LogP contribution is 2.30. The van der Waals surface area contributed by atoms with Gasteiger partial charge in [-0.2, -0.15) is 0 Å². The van der Waals surface area contributed by atoms with Gasteiger partial charge >= 0.3 is 5.97 Å². The molecule has 9 heteroatoms. The van der Waals surface area contributed by atoms with E-state index in [1.807, 2.05) is 43.3 Å². The topological polar surface area (TPSA) is 107 Å². The minimum absolute atomic E-state index is 0.197. The number of aryl methyl sites for hydroxylation is 1. The Morgan fingerprint density at radius 3 is 2.40 bits per heavy atom. The van der Waals surface area contributed by atoms with Crippen LogP contribution in [-0.4, -0.2) is 73.6 Å². The van der Waals surface area contributed by atoms with Crippen LogP contribution in [0.15, 0.2) is 42.5 Å². The molecule has 1 atom stereocenters. The van der Waals surface area contributed by atoms with Gasteiger partial charge < -0.3 is 10.4 Å². The smallest absolute Gasteiger partial charge is 0.326 e. The monoisotopic (exact) mass is 599 g/mol. The first-order valence-corrected chi connectivity index (χ1v) is 17.4. The second-order valence-electron chi connectivity index (χ2n) is 11.9. The van der Waals surface area contributed by atoms with Gasteiger partial charge in [0.25, 0.3) is 5.91 Å². The summed E-state index contributed by atoms with van der Waals surface area (Å²) in [6.45, 7) is 6.86. The molecule has 0 bridgehead atoms. The van der Waals surface area contributed by atoms with E-state index in [4.69, 9.17) is 0 Å². The lowest BCUT2D eigenvalue weighted by Gasteiger charge is -2.34. The molecule has 1 saturated carbocycles. The Morgan fingerprint density at radius 2 is 1.76 bits per heavy atom. The van der Waals surface area contributed by atoms with Gasteiger partial charge in [0.05, 0.1) is 5.75 Å². The van der Waals surface area contributed by atoms with Crippen molar-refractivity contribution in [2.24, 2.45) is 5.92 Å². The molecular weight excluding hydrogens is 550 g/mol. The van der Waals surface area contributed by atoms with Crippen LogP contribution in [0.5, 0.6) is 0 Å². The Labute approximate surface area is 252 Å². The van der Waals surface area contributed by atoms with Gasteiger partial charge in [0.2, 0.25) is 0 Å². The van der Waals surface area contributed by atoms with Gasteiger partial charge in [0.15, 0.2) is 0 Å². The van der Waals surface area contributed by atoms with E-state index in [0.717, 1.165) is 60.4 Å². The number of hydrogen-bond donors (Lipinski definition) is 2. The Kier molecular flexibility index (Phi) is 13.0. The predicted molar refractivity (Wildman–Crippen MR) is 169 cm³/mol. The molecule has 0 radical (unpaired) electrons. The van der Waals surface area contributed by atoms with Gasteiger partial charge in [0, 0.05) is 38.5 Å². The van der Waals surface area contributed by atoms with Crippen LogP contribution in [0.1, 0.15) is 86.2 Å². The van der Waals surface area contributed by atoms with E-state index in [1.54, 1.807) is 6.07 Å². The minimum atomic E-state index is -3.38. The first kappa shape index (κ1) is 33.7. The number of benzene rings is 2. The molecule has 0 saturated heterocycles. The molecule has 0 aliphatic heterocycles. The third kappa shape index (κ3) is 10.5. The number of carboxylic acids is 1. The maximum atomic E-state index is 13.5. The number of hydrazine groups is 1. The van der Waals surface area contributed by atoms with Crippen molar-refractivity contribution in [2.45, 2.75) is 84.2 Å². The molecular formula is C33H49N3O5S. The van der Waals surface area contributed by atoms with Gasteiger partial charge in [-0.05, 0) is 66.5 Å². The van der Waals surface area contributed by atoms with Gasteiger partial charge in [-0.25, -0.2) is 23.2 Å². The Hall–Kier alpha value is -2.75. The summed E-state index contributed by atoms with van der Waals surface area (Å²) in [5, 5.41) is 17.0. The zero-order valence-electron chi connectivity index (χ0n) is 25.8. The molecule has 1 aliphatic carbocycles. The number of carbonyl (C=O) groups excluding carboxylic acids is 1. The van der Waals surface area contributed by atoms with Crippen molar-refractivity contribution in [3.8, 4) is 11.1 Å². The zero-order valence-corrected chi connectivity index (χ0v) is 26.6. The number of carbonyl (C=O) groups is 2. The van der Waals surface area contributed by atoms with Crippen molar-refractivity contribution < 1.29 is 23.1 Å². The fourth-order valence-corrected chi connectivity index (χ4v) is 6.39. The predicted octanol–water partition coefficient (Wildman–Crippen LogP) is 5.70. The maximum Gasteiger partial charge on any atom is 0.326 e. The van der Waals surface area contributed by atoms with E-state index >= 15 is 0 Å². The van der Waals surface area contributed by atoms with E-state index < -0.39 is 27.8 Å². The van der Waals surface area contributed by atoms with Crippen molar-refractivity contribution in [3.05, 3.63) is 59.2 Å². The first-order valence-electron chi connectivity index (χ1n) is 15.3. The normalized spacial score (nSPS) is 15.2. The highest BCUT2D eigenvalue weighted by atomic mass is 32.2. The van der Waals surface area contributed by atoms with Gasteiger partial charge in [-0.1, -0.05) is 75.8 Å². The molecule has 8 nitrogen and oxygen atoms in total. The van der Waals surface area contributed by atoms with Crippen LogP contribution in [0, 0.1) is 12.8 Å². The van der Waals surface area contributed by atoms with Gasteiger partial charge in [-0.3, -0.25) is 4.79 Å². The molecule has 1 aliphatic rings. The van der Waals surface area contributed by atoms with Crippen LogP contribution >= 0.6 is 0 Å². The second-order valence-corrected chi connectivity index (χ2v) is 14.2. The molecule has 2 N–H and O–H groups in total. The first-order chi connectivity index (χ1) is 20.0. The van der Waals surface area contributed by atoms with Crippen LogP contribution in [-0.2, 0) is 21.2 Å². The van der Waals surface area contributed by atoms with Crippen LogP contribution in [0.25, 0.3) is 11.1 Å². The van der Waals surface area contributed by atoms with Gasteiger partial charge in [-0.15, -0.1) is 0 Å². The number of hydrogen-bond acceptors (Lipinski definition) is 6. The zero-order chi connectivity index (χ0) is 30.7. The number of amides is 1. The van der Waals surface area contributed by atoms with Gasteiger partial charge in [0.1, 0.15) is 15.9 Å². The highest BCUT2D eigenvalue weighted by Gasteiger charge is 2.25. The minimum Gasteiger partial charge on any atom is -0.480 e. The number of nitrogens with zero attached hydrogens (tertiary/aromatic N) is 2. The van der Waals surface area contributed by atoms with Crippen molar-refractivity contribution in [1.82, 2.24) is 15.3 Å². The van der Waals surface area contributed by atoms with Crippen LogP contribution < -0.4 is 5.32 Å². The van der Waals surface area contributed by atoms with E-state index in [1.165, 1.54) is 38.5 Å². The summed E-state index contributed by atoms with van der Waals surface area (Å²) in [6.07, 6.45) is 10.9. The highest BCUT2D eigenvalue weighted by molar-refractivity contribution is 7.90. The molecule has 0 heterocycles. The number of nitrogens with one attached hydrogen (secondary N) is 1. The second kappa shape index (κ2) is 16.2. The third-order valence-electron chi connectivity index (χ3n) is 8.35. The fourth-order valence-electron chi connectivity index (χ4n) is 5.73. The average Bonchev–Trinajstić information content (AvgIpc) is 2.96. The molecule has 0 aromatic heterocycles. The van der Waals surface area contributed by atoms with E-state index in [-0.39, 0.29) is 12.2 Å². The third-order valence-corrected chi connectivity index (χ3v) is 9.33. The van der Waals surface area contributed by atoms with E-state index in [2.05, 4.69) is 29.3 Å². The van der Waals surface area contributed by atoms with E-state index in [9.17, 15) is 23.1 Å². The average molecular weight is 600 g/mol. The molecule has 232 valence electrons. The number of carboxylic acid groups (broad SMARTS) is 1. The molecule has 2 aromatic carbocycles. The summed E-state index contributed by atoms with van der Waals surface area (Å²) in [6, 6.07) is 12.3. The van der Waals surface area contributed by atoms with Crippen molar-refractivity contribution in [3.63, 3.8) is 0 Å². The summed E-state index contributed by atoms with van der Waals surface area (Å²) >= 11 is 0. The summed E-state index contributed by atoms with van der Waals surface area (Å²) in [7, 11) is -1.22.